The highest BCUT2D eigenvalue weighted by atomic mass is 35.5. The molecule has 1 amide bonds. The van der Waals surface area contributed by atoms with Crippen LogP contribution in [0.15, 0.2) is 36.4 Å². The smallest absolute Gasteiger partial charge is 0.283 e. The third kappa shape index (κ3) is 3.97. The second-order valence-electron chi connectivity index (χ2n) is 5.98. The van der Waals surface area contributed by atoms with Gasteiger partial charge in [0.2, 0.25) is 0 Å². The molecule has 3 aromatic rings. The van der Waals surface area contributed by atoms with Crippen molar-refractivity contribution in [2.24, 2.45) is 0 Å². The Bertz CT molecular complexity index is 1080. The number of hydrogen-bond acceptors (Lipinski definition) is 6. The van der Waals surface area contributed by atoms with Crippen molar-refractivity contribution in [1.82, 2.24) is 4.98 Å². The van der Waals surface area contributed by atoms with E-state index in [1.54, 1.807) is 7.11 Å². The number of rotatable bonds is 5. The lowest BCUT2D eigenvalue weighted by Gasteiger charge is -2.06. The fraction of sp³-hybridized carbons (Fsp3) is 0.158. The van der Waals surface area contributed by atoms with Crippen LogP contribution in [0.4, 0.5) is 10.8 Å². The maximum atomic E-state index is 12.5. The molecule has 2 aromatic carbocycles. The highest BCUT2D eigenvalue weighted by molar-refractivity contribution is 7.16. The van der Waals surface area contributed by atoms with Gasteiger partial charge >= 0.3 is 0 Å². The number of halogens is 1. The molecule has 0 aliphatic rings. The Morgan fingerprint density at radius 3 is 2.64 bits per heavy atom. The van der Waals surface area contributed by atoms with E-state index in [1.807, 2.05) is 32.0 Å². The Morgan fingerprint density at radius 1 is 1.25 bits per heavy atom. The lowest BCUT2D eigenvalue weighted by molar-refractivity contribution is -0.385. The Kier molecular flexibility index (Phi) is 5.62. The maximum absolute atomic E-state index is 12.5. The summed E-state index contributed by atoms with van der Waals surface area (Å²) in [6.07, 6.45) is 0. The number of nitro groups is 1. The summed E-state index contributed by atoms with van der Waals surface area (Å²) in [4.78, 5) is 28.5. The number of nitrogens with one attached hydrogen (secondary N) is 1. The normalized spacial score (nSPS) is 10.6. The second kappa shape index (κ2) is 7.95. The fourth-order valence-corrected chi connectivity index (χ4v) is 3.75. The lowest BCUT2D eigenvalue weighted by Crippen LogP contribution is -2.13. The molecule has 0 bridgehead atoms. The number of thiazole rings is 1. The van der Waals surface area contributed by atoms with Crippen LogP contribution in [0, 0.1) is 24.0 Å². The molecule has 0 fully saturated rings. The summed E-state index contributed by atoms with van der Waals surface area (Å²) in [6, 6.07) is 9.61. The van der Waals surface area contributed by atoms with Crippen molar-refractivity contribution in [1.29, 1.82) is 0 Å². The SMILES string of the molecule is COc1ccc(-c2nc(NC(=O)c3ccc(Cl)cc3[N+](=O)[O-])sc2C)cc1C. The second-order valence-corrected chi connectivity index (χ2v) is 7.62. The van der Waals surface area contributed by atoms with E-state index in [0.717, 1.165) is 33.5 Å². The van der Waals surface area contributed by atoms with Crippen LogP contribution in [0.2, 0.25) is 5.02 Å². The minimum absolute atomic E-state index is 0.0795. The van der Waals surface area contributed by atoms with Crippen LogP contribution in [0.5, 0.6) is 5.75 Å². The number of hydrogen-bond donors (Lipinski definition) is 1. The molecule has 144 valence electrons. The summed E-state index contributed by atoms with van der Waals surface area (Å²) in [5, 5.41) is 14.4. The fourth-order valence-electron chi connectivity index (χ4n) is 2.76. The first-order valence-electron chi connectivity index (χ1n) is 8.18. The van der Waals surface area contributed by atoms with Crippen LogP contribution in [0.3, 0.4) is 0 Å². The Labute approximate surface area is 170 Å². The highest BCUT2D eigenvalue weighted by Gasteiger charge is 2.22. The van der Waals surface area contributed by atoms with E-state index in [-0.39, 0.29) is 16.3 Å². The zero-order chi connectivity index (χ0) is 20.4. The molecule has 0 saturated heterocycles. The number of benzene rings is 2. The topological polar surface area (TPSA) is 94.4 Å². The number of anilines is 1. The number of methoxy groups -OCH3 is 1. The van der Waals surface area contributed by atoms with E-state index in [2.05, 4.69) is 10.3 Å². The van der Waals surface area contributed by atoms with Gasteiger partial charge in [0.15, 0.2) is 5.13 Å². The van der Waals surface area contributed by atoms with Gasteiger partial charge < -0.3 is 4.74 Å². The molecule has 1 aromatic heterocycles. The summed E-state index contributed by atoms with van der Waals surface area (Å²) in [5.74, 6) is 0.162. The van der Waals surface area contributed by atoms with Crippen molar-refractivity contribution < 1.29 is 14.5 Å². The number of nitro benzene ring substituents is 1. The predicted molar refractivity (Wildman–Crippen MR) is 110 cm³/mol. The van der Waals surface area contributed by atoms with Gasteiger partial charge in [-0.25, -0.2) is 4.98 Å². The summed E-state index contributed by atoms with van der Waals surface area (Å²) in [5.41, 5.74) is 2.16. The molecule has 1 N–H and O–H groups in total. The van der Waals surface area contributed by atoms with E-state index >= 15 is 0 Å². The molecule has 0 spiro atoms. The van der Waals surface area contributed by atoms with Crippen molar-refractivity contribution in [3.05, 3.63) is 67.5 Å². The lowest BCUT2D eigenvalue weighted by atomic mass is 10.1. The van der Waals surface area contributed by atoms with Crippen molar-refractivity contribution in [2.75, 3.05) is 12.4 Å². The minimum Gasteiger partial charge on any atom is -0.496 e. The third-order valence-corrected chi connectivity index (χ3v) is 5.21. The Balaban J connectivity index is 1.89. The molecule has 9 heteroatoms. The molecule has 0 aliphatic heterocycles. The number of carbonyl (C=O) groups is 1. The molecule has 7 nitrogen and oxygen atoms in total. The molecule has 1 heterocycles. The molecule has 0 radical (unpaired) electrons. The number of nitrogens with zero attached hydrogens (tertiary/aromatic N) is 2. The standard InChI is InChI=1S/C19H16ClN3O4S/c1-10-8-12(4-7-16(10)27-3)17-11(2)28-19(21-17)22-18(24)14-6-5-13(20)9-15(14)23(25)26/h4-9H,1-3H3,(H,21,22,24). The maximum Gasteiger partial charge on any atom is 0.283 e. The highest BCUT2D eigenvalue weighted by Crippen LogP contribution is 2.33. The molecular formula is C19H16ClN3O4S. The molecule has 28 heavy (non-hydrogen) atoms. The first-order chi connectivity index (χ1) is 13.3. The van der Waals surface area contributed by atoms with Crippen LogP contribution in [0.1, 0.15) is 20.8 Å². The molecular weight excluding hydrogens is 402 g/mol. The molecule has 0 aliphatic carbocycles. The van der Waals surface area contributed by atoms with Crippen molar-refractivity contribution in [3.63, 3.8) is 0 Å². The van der Waals surface area contributed by atoms with Gasteiger partial charge in [0.1, 0.15) is 11.3 Å². The number of aryl methyl sites for hydroxylation is 2. The number of carbonyl (C=O) groups excluding carboxylic acids is 1. The van der Waals surface area contributed by atoms with Crippen molar-refractivity contribution >= 4 is 39.7 Å². The first-order valence-corrected chi connectivity index (χ1v) is 9.37. The van der Waals surface area contributed by atoms with Gasteiger partial charge in [-0.3, -0.25) is 20.2 Å². The van der Waals surface area contributed by atoms with Gasteiger partial charge in [0.25, 0.3) is 11.6 Å². The molecule has 0 atom stereocenters. The number of aromatic nitrogens is 1. The van der Waals surface area contributed by atoms with Crippen LogP contribution in [-0.4, -0.2) is 22.9 Å². The van der Waals surface area contributed by atoms with E-state index < -0.39 is 10.8 Å². The summed E-state index contributed by atoms with van der Waals surface area (Å²) < 4.78 is 5.27. The van der Waals surface area contributed by atoms with Gasteiger partial charge in [-0.05, 0) is 49.7 Å². The largest absolute Gasteiger partial charge is 0.496 e. The molecule has 0 unspecified atom stereocenters. The van der Waals surface area contributed by atoms with Crippen LogP contribution in [0.25, 0.3) is 11.3 Å². The quantitative estimate of drug-likeness (QED) is 0.452. The van der Waals surface area contributed by atoms with Crippen molar-refractivity contribution in [3.8, 4) is 17.0 Å². The van der Waals surface area contributed by atoms with Crippen molar-refractivity contribution in [2.45, 2.75) is 13.8 Å². The average molecular weight is 418 g/mol. The average Bonchev–Trinajstić information content (AvgIpc) is 3.01. The molecule has 0 saturated carbocycles. The van der Waals surface area contributed by atoms with Crippen LogP contribution < -0.4 is 10.1 Å². The van der Waals surface area contributed by atoms with Crippen LogP contribution in [-0.2, 0) is 0 Å². The predicted octanol–water partition coefficient (Wildman–Crippen LogP) is 5.25. The summed E-state index contributed by atoms with van der Waals surface area (Å²) >= 11 is 7.09. The van der Waals surface area contributed by atoms with Gasteiger partial charge in [-0.15, -0.1) is 11.3 Å². The van der Waals surface area contributed by atoms with E-state index in [1.165, 1.54) is 23.5 Å². The van der Waals surface area contributed by atoms with Gasteiger partial charge in [-0.2, -0.15) is 0 Å². The number of ether oxygens (including phenoxy) is 1. The monoisotopic (exact) mass is 417 g/mol. The Morgan fingerprint density at radius 2 is 2.00 bits per heavy atom. The van der Waals surface area contributed by atoms with Crippen LogP contribution >= 0.6 is 22.9 Å². The zero-order valence-electron chi connectivity index (χ0n) is 15.3. The Hall–Kier alpha value is -2.97. The zero-order valence-corrected chi connectivity index (χ0v) is 16.9. The number of amides is 1. The van der Waals surface area contributed by atoms with Gasteiger partial charge in [0.05, 0.1) is 17.7 Å². The van der Waals surface area contributed by atoms with E-state index in [0.29, 0.717) is 5.13 Å². The first kappa shape index (κ1) is 19.8. The third-order valence-electron chi connectivity index (χ3n) is 4.09. The summed E-state index contributed by atoms with van der Waals surface area (Å²) in [6.45, 7) is 3.83. The van der Waals surface area contributed by atoms with Gasteiger partial charge in [-0.1, -0.05) is 11.6 Å². The van der Waals surface area contributed by atoms with E-state index in [9.17, 15) is 14.9 Å². The summed E-state index contributed by atoms with van der Waals surface area (Å²) in [7, 11) is 1.61. The molecule has 3 rings (SSSR count). The van der Waals surface area contributed by atoms with Gasteiger partial charge in [0, 0.05) is 21.5 Å². The van der Waals surface area contributed by atoms with E-state index in [4.69, 9.17) is 16.3 Å². The minimum atomic E-state index is -0.639.